The van der Waals surface area contributed by atoms with Crippen LogP contribution < -0.4 is 5.32 Å². The zero-order valence-electron chi connectivity index (χ0n) is 11.3. The van der Waals surface area contributed by atoms with Crippen molar-refractivity contribution in [3.63, 3.8) is 0 Å². The van der Waals surface area contributed by atoms with Crippen molar-refractivity contribution in [2.24, 2.45) is 0 Å². The third kappa shape index (κ3) is 2.05. The molecule has 1 aromatic rings. The lowest BCUT2D eigenvalue weighted by atomic mass is 9.79. The van der Waals surface area contributed by atoms with Crippen molar-refractivity contribution >= 4 is 11.8 Å². The Morgan fingerprint density at radius 2 is 1.67 bits per heavy atom. The largest absolute Gasteiger partial charge is 0.296 e. The van der Waals surface area contributed by atoms with Gasteiger partial charge in [-0.1, -0.05) is 45.0 Å². The topological polar surface area (TPSA) is 46.2 Å². The van der Waals surface area contributed by atoms with E-state index in [1.807, 2.05) is 31.2 Å². The normalized spacial score (nSPS) is 24.2. The Morgan fingerprint density at radius 1 is 1.11 bits per heavy atom. The van der Waals surface area contributed by atoms with Crippen LogP contribution in [0.1, 0.15) is 45.2 Å². The summed E-state index contributed by atoms with van der Waals surface area (Å²) in [6, 6.07) is 7.99. The molecule has 18 heavy (non-hydrogen) atoms. The lowest BCUT2D eigenvalue weighted by molar-refractivity contribution is -0.126. The maximum absolute atomic E-state index is 11.9. The number of nitrogens with one attached hydrogen (secondary N) is 1. The van der Waals surface area contributed by atoms with Gasteiger partial charge in [0, 0.05) is 6.42 Å². The van der Waals surface area contributed by atoms with Crippen molar-refractivity contribution < 1.29 is 9.59 Å². The van der Waals surface area contributed by atoms with E-state index in [9.17, 15) is 9.59 Å². The Kier molecular flexibility index (Phi) is 2.80. The first-order valence-electron chi connectivity index (χ1n) is 6.19. The molecule has 3 heteroatoms. The highest BCUT2D eigenvalue weighted by Crippen LogP contribution is 2.33. The van der Waals surface area contributed by atoms with Crippen LogP contribution in [-0.2, 0) is 20.4 Å². The van der Waals surface area contributed by atoms with Gasteiger partial charge in [-0.3, -0.25) is 14.9 Å². The molecule has 0 bridgehead atoms. The van der Waals surface area contributed by atoms with E-state index in [0.717, 1.165) is 5.56 Å². The molecule has 1 atom stereocenters. The van der Waals surface area contributed by atoms with Crippen LogP contribution in [0, 0.1) is 0 Å². The van der Waals surface area contributed by atoms with Crippen LogP contribution in [0.2, 0.25) is 0 Å². The summed E-state index contributed by atoms with van der Waals surface area (Å²) < 4.78 is 0. The SMILES string of the molecule is CC(C)(C)c1ccc(C2(C)CC(=O)NC2=O)cc1. The van der Waals surface area contributed by atoms with Gasteiger partial charge >= 0.3 is 0 Å². The van der Waals surface area contributed by atoms with Crippen molar-refractivity contribution in [1.82, 2.24) is 5.32 Å². The van der Waals surface area contributed by atoms with Crippen LogP contribution in [0.4, 0.5) is 0 Å². The predicted octanol–water partition coefficient (Wildman–Crippen LogP) is 2.29. The summed E-state index contributed by atoms with van der Waals surface area (Å²) in [7, 11) is 0. The summed E-state index contributed by atoms with van der Waals surface area (Å²) in [6.45, 7) is 8.26. The Morgan fingerprint density at radius 3 is 2.06 bits per heavy atom. The first-order chi connectivity index (χ1) is 8.23. The Balaban J connectivity index is 2.36. The van der Waals surface area contributed by atoms with Crippen molar-refractivity contribution in [1.29, 1.82) is 0 Å². The third-order valence-electron chi connectivity index (χ3n) is 3.66. The summed E-state index contributed by atoms with van der Waals surface area (Å²) in [5, 5.41) is 2.37. The quantitative estimate of drug-likeness (QED) is 0.772. The van der Waals surface area contributed by atoms with Gasteiger partial charge in [-0.05, 0) is 23.5 Å². The number of rotatable bonds is 1. The smallest absolute Gasteiger partial charge is 0.237 e. The molecule has 1 fully saturated rings. The van der Waals surface area contributed by atoms with E-state index in [-0.39, 0.29) is 23.7 Å². The molecule has 0 saturated carbocycles. The van der Waals surface area contributed by atoms with Gasteiger partial charge in [0.05, 0.1) is 5.41 Å². The molecular weight excluding hydrogens is 226 g/mol. The molecule has 1 N–H and O–H groups in total. The maximum Gasteiger partial charge on any atom is 0.237 e. The lowest BCUT2D eigenvalue weighted by Gasteiger charge is -2.23. The predicted molar refractivity (Wildman–Crippen MR) is 70.3 cm³/mol. The minimum atomic E-state index is -0.715. The minimum absolute atomic E-state index is 0.0905. The molecule has 96 valence electrons. The molecule has 1 heterocycles. The Bertz CT molecular complexity index is 496. The average Bonchev–Trinajstić information content (AvgIpc) is 2.53. The van der Waals surface area contributed by atoms with E-state index in [2.05, 4.69) is 26.1 Å². The number of amides is 2. The van der Waals surface area contributed by atoms with Crippen molar-refractivity contribution in [3.05, 3.63) is 35.4 Å². The monoisotopic (exact) mass is 245 g/mol. The van der Waals surface area contributed by atoms with Crippen LogP contribution in [0.25, 0.3) is 0 Å². The molecule has 1 unspecified atom stereocenters. The molecule has 1 aliphatic rings. The number of carbonyl (C=O) groups is 2. The summed E-state index contributed by atoms with van der Waals surface area (Å²) in [6.07, 6.45) is 0.237. The average molecular weight is 245 g/mol. The zero-order valence-corrected chi connectivity index (χ0v) is 11.3. The second kappa shape index (κ2) is 3.94. The Labute approximate surface area is 108 Å². The number of imide groups is 1. The van der Waals surface area contributed by atoms with Gasteiger partial charge in [0.2, 0.25) is 11.8 Å². The molecule has 0 aromatic heterocycles. The van der Waals surface area contributed by atoms with E-state index >= 15 is 0 Å². The highest BCUT2D eigenvalue weighted by molar-refractivity contribution is 6.08. The molecule has 0 aliphatic carbocycles. The highest BCUT2D eigenvalue weighted by atomic mass is 16.2. The molecule has 2 rings (SSSR count). The standard InChI is InChI=1S/C15H19NO2/c1-14(2,3)10-5-7-11(8-6-10)15(4)9-12(17)16-13(15)18/h5-8H,9H2,1-4H3,(H,16,17,18). The van der Waals surface area contributed by atoms with Gasteiger partial charge < -0.3 is 0 Å². The molecule has 1 aliphatic heterocycles. The van der Waals surface area contributed by atoms with Crippen LogP contribution in [0.5, 0.6) is 0 Å². The van der Waals surface area contributed by atoms with E-state index in [1.165, 1.54) is 5.56 Å². The van der Waals surface area contributed by atoms with Gasteiger partial charge in [-0.25, -0.2) is 0 Å². The molecule has 2 amide bonds. The number of carbonyl (C=O) groups excluding carboxylic acids is 2. The van der Waals surface area contributed by atoms with Gasteiger partial charge in [0.15, 0.2) is 0 Å². The van der Waals surface area contributed by atoms with E-state index in [1.54, 1.807) is 0 Å². The molecule has 0 radical (unpaired) electrons. The van der Waals surface area contributed by atoms with E-state index in [4.69, 9.17) is 0 Å². The third-order valence-corrected chi connectivity index (χ3v) is 3.66. The number of hydrogen-bond acceptors (Lipinski definition) is 2. The van der Waals surface area contributed by atoms with Crippen molar-refractivity contribution in [2.75, 3.05) is 0 Å². The van der Waals surface area contributed by atoms with Crippen molar-refractivity contribution in [2.45, 2.75) is 44.9 Å². The fourth-order valence-corrected chi connectivity index (χ4v) is 2.28. The van der Waals surface area contributed by atoms with Gasteiger partial charge in [-0.2, -0.15) is 0 Å². The number of benzene rings is 1. The summed E-state index contributed by atoms with van der Waals surface area (Å²) in [4.78, 5) is 23.2. The summed E-state index contributed by atoms with van der Waals surface area (Å²) >= 11 is 0. The van der Waals surface area contributed by atoms with Gasteiger partial charge in [0.25, 0.3) is 0 Å². The molecule has 1 saturated heterocycles. The summed E-state index contributed by atoms with van der Waals surface area (Å²) in [5.74, 6) is -0.390. The zero-order chi connectivity index (χ0) is 13.6. The van der Waals surface area contributed by atoms with Crippen LogP contribution in [0.3, 0.4) is 0 Å². The van der Waals surface area contributed by atoms with Gasteiger partial charge in [-0.15, -0.1) is 0 Å². The minimum Gasteiger partial charge on any atom is -0.296 e. The number of hydrogen-bond donors (Lipinski definition) is 1. The van der Waals surface area contributed by atoms with E-state index < -0.39 is 5.41 Å². The second-order valence-electron chi connectivity index (χ2n) is 6.21. The lowest BCUT2D eigenvalue weighted by Crippen LogP contribution is -2.32. The first kappa shape index (κ1) is 12.8. The molecule has 3 nitrogen and oxygen atoms in total. The fourth-order valence-electron chi connectivity index (χ4n) is 2.28. The highest BCUT2D eigenvalue weighted by Gasteiger charge is 2.43. The second-order valence-corrected chi connectivity index (χ2v) is 6.21. The first-order valence-corrected chi connectivity index (χ1v) is 6.19. The van der Waals surface area contributed by atoms with Crippen LogP contribution in [0.15, 0.2) is 24.3 Å². The van der Waals surface area contributed by atoms with Crippen LogP contribution in [-0.4, -0.2) is 11.8 Å². The fraction of sp³-hybridized carbons (Fsp3) is 0.467. The molecule has 1 aromatic carbocycles. The van der Waals surface area contributed by atoms with E-state index in [0.29, 0.717) is 0 Å². The summed E-state index contributed by atoms with van der Waals surface area (Å²) in [5.41, 5.74) is 1.50. The maximum atomic E-state index is 11.9. The van der Waals surface area contributed by atoms with Gasteiger partial charge in [0.1, 0.15) is 0 Å². The Hall–Kier alpha value is -1.64. The van der Waals surface area contributed by atoms with Crippen molar-refractivity contribution in [3.8, 4) is 0 Å². The molecule has 0 spiro atoms. The van der Waals surface area contributed by atoms with Crippen LogP contribution >= 0.6 is 0 Å². The molecular formula is C15H19NO2.